The topological polar surface area (TPSA) is 68.3 Å². The zero-order valence-corrected chi connectivity index (χ0v) is 12.2. The quantitative estimate of drug-likeness (QED) is 0.714. The van der Waals surface area contributed by atoms with Crippen molar-refractivity contribution in [2.24, 2.45) is 0 Å². The van der Waals surface area contributed by atoms with Crippen molar-refractivity contribution in [3.8, 4) is 0 Å². The fourth-order valence-electron chi connectivity index (χ4n) is 0.298. The number of hydrogen-bond donors (Lipinski definition) is 0. The molecule has 92 valence electrons. The Kier molecular flexibility index (Phi) is 3.94. The van der Waals surface area contributed by atoms with E-state index in [9.17, 15) is 16.8 Å². The van der Waals surface area contributed by atoms with Crippen LogP contribution in [0.4, 0.5) is 0 Å². The van der Waals surface area contributed by atoms with E-state index in [4.69, 9.17) is 0 Å². The monoisotopic (exact) mass is 277 g/mol. The van der Waals surface area contributed by atoms with Crippen LogP contribution in [0.15, 0.2) is 0 Å². The molecule has 0 rings (SSSR count). The van der Waals surface area contributed by atoms with Gasteiger partial charge in [0.15, 0.2) is 0 Å². The molecule has 0 saturated carbocycles. The summed E-state index contributed by atoms with van der Waals surface area (Å²) in [6, 6.07) is 0. The maximum atomic E-state index is 11.7. The molecule has 0 aliphatic carbocycles. The van der Waals surface area contributed by atoms with Gasteiger partial charge in [-0.1, -0.05) is 0 Å². The molecular formula is C8H18ClO4S2+. The molecule has 0 N–H and O–H groups in total. The summed E-state index contributed by atoms with van der Waals surface area (Å²) in [6.45, 7) is 8.79. The van der Waals surface area contributed by atoms with Gasteiger partial charge in [-0.15, -0.1) is 0 Å². The van der Waals surface area contributed by atoms with Crippen LogP contribution in [0.3, 0.4) is 0 Å². The van der Waals surface area contributed by atoms with E-state index in [-0.39, 0.29) is 0 Å². The van der Waals surface area contributed by atoms with Gasteiger partial charge in [-0.3, -0.25) is 0 Å². The average Bonchev–Trinajstić information content (AvgIpc) is 1.77. The predicted molar refractivity (Wildman–Crippen MR) is 57.3 cm³/mol. The van der Waals surface area contributed by atoms with E-state index in [1.54, 1.807) is 0 Å². The molecule has 0 aromatic heterocycles. The van der Waals surface area contributed by atoms with Gasteiger partial charge in [-0.25, -0.2) is 0 Å². The molecule has 4 nitrogen and oxygen atoms in total. The Morgan fingerprint density at radius 3 is 1.00 bits per heavy atom. The highest BCUT2D eigenvalue weighted by atomic mass is 36.0. The van der Waals surface area contributed by atoms with E-state index in [2.05, 4.69) is 0 Å². The standard InChI is InChI=1S/C8H18ClO4S2/c1-7(2,3)14(10,11)9-15(12,13)8(4,5)6/h1-6H3/q+1. The summed E-state index contributed by atoms with van der Waals surface area (Å²) in [4.78, 5) is 0. The van der Waals surface area contributed by atoms with Gasteiger partial charge in [0.05, 0.1) is 0 Å². The fourth-order valence-corrected chi connectivity index (χ4v) is 8.05. The van der Waals surface area contributed by atoms with E-state index in [0.29, 0.717) is 8.96 Å². The van der Waals surface area contributed by atoms with Gasteiger partial charge < -0.3 is 0 Å². The first-order valence-corrected chi connectivity index (χ1v) is 9.00. The largest absolute Gasteiger partial charge is 0.409 e. The second-order valence-electron chi connectivity index (χ2n) is 5.16. The molecule has 0 spiro atoms. The molecule has 0 aliphatic heterocycles. The first-order valence-electron chi connectivity index (χ1n) is 4.38. The minimum atomic E-state index is -3.77. The first kappa shape index (κ1) is 15.2. The molecule has 15 heavy (non-hydrogen) atoms. The Labute approximate surface area is 95.0 Å². The Balaban J connectivity index is 5.28. The number of halogens is 1. The Morgan fingerprint density at radius 2 is 0.867 bits per heavy atom. The SMILES string of the molecule is CC(C)(C)S(=O)(=O)[Cl+]S(=O)(=O)C(C)(C)C. The third-order valence-electron chi connectivity index (χ3n) is 1.63. The Morgan fingerprint density at radius 1 is 0.667 bits per heavy atom. The Hall–Kier alpha value is 0.190. The van der Waals surface area contributed by atoms with Gasteiger partial charge in [-0.2, -0.15) is 16.8 Å². The van der Waals surface area contributed by atoms with Crippen LogP contribution in [0.1, 0.15) is 41.5 Å². The van der Waals surface area contributed by atoms with Crippen LogP contribution in [-0.2, 0) is 18.1 Å². The molecule has 0 fully saturated rings. The smallest absolute Gasteiger partial charge is 0.166 e. The van der Waals surface area contributed by atoms with Crippen molar-refractivity contribution in [3.63, 3.8) is 0 Å². The molecule has 0 bridgehead atoms. The normalized spacial score (nSPS) is 15.3. The van der Waals surface area contributed by atoms with Crippen molar-refractivity contribution >= 4 is 18.1 Å². The van der Waals surface area contributed by atoms with Crippen molar-refractivity contribution < 1.29 is 25.8 Å². The maximum Gasteiger partial charge on any atom is 0.409 e. The lowest BCUT2D eigenvalue weighted by molar-refractivity contribution is -0.318. The van der Waals surface area contributed by atoms with Gasteiger partial charge in [0, 0.05) is 0 Å². The highest BCUT2D eigenvalue weighted by molar-refractivity contribution is 7.97. The van der Waals surface area contributed by atoms with Crippen LogP contribution in [0.25, 0.3) is 0 Å². The molecule has 0 aliphatic rings. The van der Waals surface area contributed by atoms with Crippen molar-refractivity contribution in [2.45, 2.75) is 51.0 Å². The second kappa shape index (κ2) is 3.89. The van der Waals surface area contributed by atoms with Crippen LogP contribution in [0.5, 0.6) is 0 Å². The lowest BCUT2D eigenvalue weighted by Crippen LogP contribution is -2.37. The molecule has 0 saturated heterocycles. The third-order valence-corrected chi connectivity index (χ3v) is 11.6. The van der Waals surface area contributed by atoms with Gasteiger partial charge in [0.2, 0.25) is 0 Å². The van der Waals surface area contributed by atoms with Crippen LogP contribution in [0.2, 0.25) is 0 Å². The first-order chi connectivity index (χ1) is 6.21. The fraction of sp³-hybridized carbons (Fsp3) is 1.00. The lowest BCUT2D eigenvalue weighted by atomic mass is 10.3. The maximum absolute atomic E-state index is 11.7. The predicted octanol–water partition coefficient (Wildman–Crippen LogP) is 1.33. The number of rotatable bonds is 2. The summed E-state index contributed by atoms with van der Waals surface area (Å²) in [6.07, 6.45) is 0. The second-order valence-corrected chi connectivity index (χ2v) is 13.4. The molecule has 0 aromatic carbocycles. The molecule has 0 radical (unpaired) electrons. The molecular weight excluding hydrogens is 260 g/mol. The van der Waals surface area contributed by atoms with Gasteiger partial charge >= 0.3 is 27.1 Å². The molecule has 0 heterocycles. The van der Waals surface area contributed by atoms with Crippen LogP contribution >= 0.6 is 0 Å². The van der Waals surface area contributed by atoms with Crippen molar-refractivity contribution in [1.29, 1.82) is 0 Å². The number of hydrogen-bond acceptors (Lipinski definition) is 4. The molecule has 0 unspecified atom stereocenters. The van der Waals surface area contributed by atoms with E-state index in [0.717, 1.165) is 0 Å². The van der Waals surface area contributed by atoms with E-state index in [1.165, 1.54) is 41.5 Å². The third kappa shape index (κ3) is 3.60. The van der Waals surface area contributed by atoms with Crippen molar-refractivity contribution in [1.82, 2.24) is 0 Å². The minimum Gasteiger partial charge on any atom is -0.166 e. The van der Waals surface area contributed by atoms with E-state index >= 15 is 0 Å². The Bertz CT molecular complexity index is 378. The molecule has 0 atom stereocenters. The molecule has 0 aromatic rings. The zero-order chi connectivity index (χ0) is 12.7. The van der Waals surface area contributed by atoms with Crippen molar-refractivity contribution in [3.05, 3.63) is 0 Å². The lowest BCUT2D eigenvalue weighted by Gasteiger charge is -2.13. The van der Waals surface area contributed by atoms with E-state index in [1.807, 2.05) is 0 Å². The minimum absolute atomic E-state index is 0.627. The summed E-state index contributed by atoms with van der Waals surface area (Å²) in [7, 11) is -6.90. The van der Waals surface area contributed by atoms with Gasteiger partial charge in [0.25, 0.3) is 0 Å². The van der Waals surface area contributed by atoms with E-state index < -0.39 is 27.6 Å². The summed E-state index contributed by atoms with van der Waals surface area (Å²) in [5.74, 6) is 0. The van der Waals surface area contributed by atoms with Crippen LogP contribution in [-0.4, -0.2) is 26.3 Å². The summed E-state index contributed by atoms with van der Waals surface area (Å²) in [5.41, 5.74) is 0. The summed E-state index contributed by atoms with van der Waals surface area (Å²) in [5, 5.41) is 0. The van der Waals surface area contributed by atoms with Crippen molar-refractivity contribution in [2.75, 3.05) is 0 Å². The van der Waals surface area contributed by atoms with Crippen LogP contribution in [0, 0.1) is 8.96 Å². The van der Waals surface area contributed by atoms with Gasteiger partial charge in [-0.05, 0) is 41.5 Å². The highest BCUT2D eigenvalue weighted by Gasteiger charge is 2.54. The summed E-state index contributed by atoms with van der Waals surface area (Å²) < 4.78 is 44.5. The molecule has 0 amide bonds. The summed E-state index contributed by atoms with van der Waals surface area (Å²) >= 11 is 0. The van der Waals surface area contributed by atoms with Crippen LogP contribution < -0.4 is 0 Å². The molecule has 7 heteroatoms. The highest BCUT2D eigenvalue weighted by Crippen LogP contribution is 2.26. The van der Waals surface area contributed by atoms with Gasteiger partial charge in [0.1, 0.15) is 9.49 Å². The average molecular weight is 278 g/mol. The zero-order valence-electron chi connectivity index (χ0n) is 9.83.